The molecule has 110 valence electrons. The van der Waals surface area contributed by atoms with Crippen molar-refractivity contribution in [3.05, 3.63) is 0 Å². The lowest BCUT2D eigenvalue weighted by Gasteiger charge is -2.40. The summed E-state index contributed by atoms with van der Waals surface area (Å²) in [6, 6.07) is 1.15. The first-order valence-electron chi connectivity index (χ1n) is 7.86. The first kappa shape index (κ1) is 13.8. The second kappa shape index (κ2) is 5.32. The van der Waals surface area contributed by atoms with Crippen LogP contribution in [-0.2, 0) is 4.74 Å². The largest absolute Gasteiger partial charge is 0.394 e. The summed E-state index contributed by atoms with van der Waals surface area (Å²) in [6.07, 6.45) is 6.92. The molecule has 2 N–H and O–H groups in total. The molecule has 0 radical (unpaired) electrons. The Balaban J connectivity index is 1.55. The number of likely N-dealkylation sites (tertiary alicyclic amines) is 1. The summed E-state index contributed by atoms with van der Waals surface area (Å²) in [4.78, 5) is 2.56. The van der Waals surface area contributed by atoms with E-state index in [1.807, 2.05) is 0 Å². The van der Waals surface area contributed by atoms with Gasteiger partial charge in [0.25, 0.3) is 0 Å². The number of hydrogen-bond donors (Lipinski definition) is 2. The summed E-state index contributed by atoms with van der Waals surface area (Å²) in [7, 11) is 0. The second-order valence-electron chi connectivity index (χ2n) is 7.10. The van der Waals surface area contributed by atoms with Crippen LogP contribution in [0.4, 0.5) is 0 Å². The normalized spacial score (nSPS) is 36.2. The lowest BCUT2D eigenvalue weighted by Crippen LogP contribution is -2.54. The molecule has 3 rings (SSSR count). The third kappa shape index (κ3) is 3.30. The Kier molecular flexibility index (Phi) is 3.87. The molecular formula is C15H28N2O2. The topological polar surface area (TPSA) is 44.7 Å². The first-order valence-corrected chi connectivity index (χ1v) is 7.86. The van der Waals surface area contributed by atoms with Crippen molar-refractivity contribution in [2.75, 3.05) is 19.7 Å². The van der Waals surface area contributed by atoms with Crippen LogP contribution in [0.25, 0.3) is 0 Å². The molecular weight excluding hydrogens is 240 g/mol. The SMILES string of the molecule is CC(CC(C)(CO)NC1CC1)N1CC2CCC(C1)O2. The minimum Gasteiger partial charge on any atom is -0.394 e. The standard InChI is InChI=1S/C15H28N2O2/c1-11(7-15(2,10-18)16-12-3-4-12)17-8-13-5-6-14(9-17)19-13/h11-14,16,18H,3-10H2,1-2H3. The van der Waals surface area contributed by atoms with Crippen LogP contribution in [0.3, 0.4) is 0 Å². The fourth-order valence-corrected chi connectivity index (χ4v) is 3.68. The number of fused-ring (bicyclic) bond motifs is 2. The molecule has 4 unspecified atom stereocenters. The Hall–Kier alpha value is -0.160. The molecule has 2 saturated heterocycles. The molecule has 0 aromatic carbocycles. The number of ether oxygens (including phenoxy) is 1. The molecule has 3 aliphatic rings. The summed E-state index contributed by atoms with van der Waals surface area (Å²) >= 11 is 0. The zero-order chi connectivity index (χ0) is 13.5. The summed E-state index contributed by atoms with van der Waals surface area (Å²) in [5, 5.41) is 13.3. The summed E-state index contributed by atoms with van der Waals surface area (Å²) in [6.45, 7) is 6.83. The van der Waals surface area contributed by atoms with E-state index in [9.17, 15) is 5.11 Å². The monoisotopic (exact) mass is 268 g/mol. The van der Waals surface area contributed by atoms with Gasteiger partial charge in [-0.25, -0.2) is 0 Å². The van der Waals surface area contributed by atoms with Crippen LogP contribution >= 0.6 is 0 Å². The van der Waals surface area contributed by atoms with E-state index in [0.717, 1.165) is 19.5 Å². The Morgan fingerprint density at radius 2 is 1.89 bits per heavy atom. The molecule has 4 heteroatoms. The predicted octanol–water partition coefficient (Wildman–Crippen LogP) is 1.13. The van der Waals surface area contributed by atoms with E-state index in [2.05, 4.69) is 24.1 Å². The Morgan fingerprint density at radius 3 is 2.42 bits per heavy atom. The molecule has 0 spiro atoms. The van der Waals surface area contributed by atoms with Gasteiger partial charge in [0.15, 0.2) is 0 Å². The van der Waals surface area contributed by atoms with Gasteiger partial charge in [0.2, 0.25) is 0 Å². The smallest absolute Gasteiger partial charge is 0.0707 e. The van der Waals surface area contributed by atoms with Crippen LogP contribution in [0.2, 0.25) is 0 Å². The zero-order valence-electron chi connectivity index (χ0n) is 12.3. The van der Waals surface area contributed by atoms with E-state index < -0.39 is 0 Å². The molecule has 3 fully saturated rings. The van der Waals surface area contributed by atoms with Crippen LogP contribution in [0.5, 0.6) is 0 Å². The Labute approximate surface area is 116 Å². The second-order valence-corrected chi connectivity index (χ2v) is 7.10. The molecule has 0 amide bonds. The fraction of sp³-hybridized carbons (Fsp3) is 1.00. The minimum absolute atomic E-state index is 0.127. The number of nitrogens with one attached hydrogen (secondary N) is 1. The molecule has 2 bridgehead atoms. The Morgan fingerprint density at radius 1 is 1.26 bits per heavy atom. The van der Waals surface area contributed by atoms with Crippen LogP contribution in [0.1, 0.15) is 46.0 Å². The maximum absolute atomic E-state index is 9.72. The minimum atomic E-state index is -0.127. The van der Waals surface area contributed by atoms with Crippen molar-refractivity contribution >= 4 is 0 Å². The van der Waals surface area contributed by atoms with Crippen molar-refractivity contribution in [1.82, 2.24) is 10.2 Å². The van der Waals surface area contributed by atoms with Gasteiger partial charge >= 0.3 is 0 Å². The van der Waals surface area contributed by atoms with Gasteiger partial charge in [0.1, 0.15) is 0 Å². The van der Waals surface area contributed by atoms with Gasteiger partial charge in [-0.3, -0.25) is 4.90 Å². The van der Waals surface area contributed by atoms with Crippen LogP contribution in [0.15, 0.2) is 0 Å². The third-order valence-corrected chi connectivity index (χ3v) is 4.92. The molecule has 0 aromatic rings. The third-order valence-electron chi connectivity index (χ3n) is 4.92. The van der Waals surface area contributed by atoms with Crippen molar-refractivity contribution in [3.8, 4) is 0 Å². The maximum Gasteiger partial charge on any atom is 0.0707 e. The van der Waals surface area contributed by atoms with E-state index in [0.29, 0.717) is 24.3 Å². The molecule has 2 aliphatic heterocycles. The van der Waals surface area contributed by atoms with E-state index >= 15 is 0 Å². The van der Waals surface area contributed by atoms with Gasteiger partial charge in [-0.05, 0) is 46.0 Å². The average molecular weight is 268 g/mol. The summed E-state index contributed by atoms with van der Waals surface area (Å²) in [5.41, 5.74) is -0.127. The van der Waals surface area contributed by atoms with Gasteiger partial charge < -0.3 is 15.2 Å². The highest BCUT2D eigenvalue weighted by atomic mass is 16.5. The number of nitrogens with zero attached hydrogens (tertiary/aromatic N) is 1. The molecule has 1 saturated carbocycles. The van der Waals surface area contributed by atoms with E-state index in [4.69, 9.17) is 4.74 Å². The van der Waals surface area contributed by atoms with Crippen molar-refractivity contribution < 1.29 is 9.84 Å². The predicted molar refractivity (Wildman–Crippen MR) is 75.2 cm³/mol. The van der Waals surface area contributed by atoms with Crippen LogP contribution in [-0.4, -0.2) is 59.5 Å². The van der Waals surface area contributed by atoms with Crippen molar-refractivity contribution in [2.45, 2.75) is 75.8 Å². The number of aliphatic hydroxyl groups is 1. The maximum atomic E-state index is 9.72. The summed E-state index contributed by atoms with van der Waals surface area (Å²) < 4.78 is 5.90. The quantitative estimate of drug-likeness (QED) is 0.758. The van der Waals surface area contributed by atoms with Gasteiger partial charge in [-0.1, -0.05) is 0 Å². The fourth-order valence-electron chi connectivity index (χ4n) is 3.68. The zero-order valence-corrected chi connectivity index (χ0v) is 12.3. The van der Waals surface area contributed by atoms with Gasteiger partial charge in [0.05, 0.1) is 18.8 Å². The van der Waals surface area contributed by atoms with Crippen molar-refractivity contribution in [1.29, 1.82) is 0 Å². The number of rotatable bonds is 6. The summed E-state index contributed by atoms with van der Waals surface area (Å²) in [5.74, 6) is 0. The van der Waals surface area contributed by atoms with Gasteiger partial charge in [-0.2, -0.15) is 0 Å². The Bertz CT molecular complexity index is 309. The lowest BCUT2D eigenvalue weighted by molar-refractivity contribution is -0.0554. The van der Waals surface area contributed by atoms with E-state index in [1.165, 1.54) is 25.7 Å². The highest BCUT2D eigenvalue weighted by molar-refractivity contribution is 4.96. The van der Waals surface area contributed by atoms with E-state index in [1.54, 1.807) is 0 Å². The number of hydrogen-bond acceptors (Lipinski definition) is 4. The van der Waals surface area contributed by atoms with Crippen molar-refractivity contribution in [3.63, 3.8) is 0 Å². The lowest BCUT2D eigenvalue weighted by atomic mass is 9.93. The number of aliphatic hydroxyl groups excluding tert-OH is 1. The first-order chi connectivity index (χ1) is 9.08. The molecule has 1 aliphatic carbocycles. The molecule has 19 heavy (non-hydrogen) atoms. The van der Waals surface area contributed by atoms with Gasteiger partial charge in [-0.15, -0.1) is 0 Å². The van der Waals surface area contributed by atoms with Crippen LogP contribution in [0, 0.1) is 0 Å². The highest BCUT2D eigenvalue weighted by Gasteiger charge is 2.38. The molecule has 4 atom stereocenters. The molecule has 4 nitrogen and oxygen atoms in total. The van der Waals surface area contributed by atoms with Crippen molar-refractivity contribution in [2.24, 2.45) is 0 Å². The number of morpholine rings is 1. The van der Waals surface area contributed by atoms with Gasteiger partial charge in [0, 0.05) is 30.7 Å². The van der Waals surface area contributed by atoms with Crippen LogP contribution < -0.4 is 5.32 Å². The molecule has 0 aromatic heterocycles. The molecule has 2 heterocycles. The average Bonchev–Trinajstić information content (AvgIpc) is 3.13. The highest BCUT2D eigenvalue weighted by Crippen LogP contribution is 2.30. The van der Waals surface area contributed by atoms with E-state index in [-0.39, 0.29) is 12.1 Å².